The highest BCUT2D eigenvalue weighted by atomic mass is 16.1. The first-order chi connectivity index (χ1) is 9.67. The van der Waals surface area contributed by atoms with E-state index in [-0.39, 0.29) is 5.91 Å². The average Bonchev–Trinajstić information content (AvgIpc) is 2.45. The Morgan fingerprint density at radius 3 is 2.85 bits per heavy atom. The van der Waals surface area contributed by atoms with E-state index in [4.69, 9.17) is 0 Å². The lowest BCUT2D eigenvalue weighted by atomic mass is 9.88. The third-order valence-corrected chi connectivity index (χ3v) is 4.15. The number of hydrogen-bond donors (Lipinski definition) is 2. The van der Waals surface area contributed by atoms with Gasteiger partial charge in [0.25, 0.3) is 5.91 Å². The van der Waals surface area contributed by atoms with Gasteiger partial charge < -0.3 is 10.6 Å². The summed E-state index contributed by atoms with van der Waals surface area (Å²) in [6.45, 7) is 8.35. The van der Waals surface area contributed by atoms with Crippen molar-refractivity contribution in [1.29, 1.82) is 0 Å². The summed E-state index contributed by atoms with van der Waals surface area (Å²) in [6.07, 6.45) is 3.33. The topological polar surface area (TPSA) is 41.1 Å². The number of nitrogens with one attached hydrogen (secondary N) is 2. The van der Waals surface area contributed by atoms with Gasteiger partial charge in [-0.15, -0.1) is 0 Å². The normalized spacial score (nSPS) is 17.2. The van der Waals surface area contributed by atoms with Gasteiger partial charge in [0, 0.05) is 18.2 Å². The molecule has 0 aromatic heterocycles. The number of carbonyl (C=O) groups excluding carboxylic acids is 1. The fourth-order valence-electron chi connectivity index (χ4n) is 3.11. The molecular formula is C17H26N2O. The summed E-state index contributed by atoms with van der Waals surface area (Å²) in [5.41, 5.74) is 3.28. The monoisotopic (exact) mass is 274 g/mol. The lowest BCUT2D eigenvalue weighted by molar-refractivity contribution is 0.0946. The van der Waals surface area contributed by atoms with Gasteiger partial charge in [-0.05, 0) is 42.5 Å². The van der Waals surface area contributed by atoms with E-state index in [1.807, 2.05) is 0 Å². The van der Waals surface area contributed by atoms with Crippen molar-refractivity contribution in [2.24, 2.45) is 5.92 Å². The Kier molecular flexibility index (Phi) is 5.18. The van der Waals surface area contributed by atoms with Gasteiger partial charge in [0.05, 0.1) is 0 Å². The summed E-state index contributed by atoms with van der Waals surface area (Å²) < 4.78 is 0. The van der Waals surface area contributed by atoms with Crippen molar-refractivity contribution in [3.63, 3.8) is 0 Å². The van der Waals surface area contributed by atoms with Gasteiger partial charge in [0.15, 0.2) is 0 Å². The lowest BCUT2D eigenvalue weighted by Gasteiger charge is -2.27. The molecule has 1 aromatic carbocycles. The Hall–Kier alpha value is -1.35. The molecule has 3 heteroatoms. The molecule has 1 aliphatic rings. The molecule has 0 spiro atoms. The van der Waals surface area contributed by atoms with Crippen molar-refractivity contribution >= 4 is 5.91 Å². The molecule has 1 aromatic rings. The van der Waals surface area contributed by atoms with Crippen LogP contribution in [-0.2, 0) is 6.42 Å². The Morgan fingerprint density at radius 2 is 2.15 bits per heavy atom. The summed E-state index contributed by atoms with van der Waals surface area (Å²) in [7, 11) is 0. The summed E-state index contributed by atoms with van der Waals surface area (Å²) in [6, 6.07) is 6.74. The molecular weight excluding hydrogens is 248 g/mol. The minimum absolute atomic E-state index is 0.0755. The fraction of sp³-hybridized carbons (Fsp3) is 0.588. The molecule has 1 aliphatic heterocycles. The van der Waals surface area contributed by atoms with Gasteiger partial charge in [-0.1, -0.05) is 39.3 Å². The molecule has 0 bridgehead atoms. The van der Waals surface area contributed by atoms with Crippen LogP contribution in [0.2, 0.25) is 0 Å². The SMILES string of the molecule is CCCC(C)C(NCC)c1ccc2c(c1)C(=O)NCC2. The average molecular weight is 274 g/mol. The summed E-state index contributed by atoms with van der Waals surface area (Å²) in [5, 5.41) is 6.50. The van der Waals surface area contributed by atoms with Crippen LogP contribution in [0.5, 0.6) is 0 Å². The van der Waals surface area contributed by atoms with Crippen LogP contribution < -0.4 is 10.6 Å². The number of rotatable bonds is 6. The van der Waals surface area contributed by atoms with E-state index in [2.05, 4.69) is 49.6 Å². The molecule has 20 heavy (non-hydrogen) atoms. The predicted molar refractivity (Wildman–Crippen MR) is 83.0 cm³/mol. The number of carbonyl (C=O) groups is 1. The molecule has 2 unspecified atom stereocenters. The zero-order valence-electron chi connectivity index (χ0n) is 12.8. The molecule has 2 rings (SSSR count). The number of hydrogen-bond acceptors (Lipinski definition) is 2. The first-order valence-electron chi connectivity index (χ1n) is 7.81. The summed E-state index contributed by atoms with van der Waals surface area (Å²) in [5.74, 6) is 0.649. The van der Waals surface area contributed by atoms with Crippen molar-refractivity contribution in [3.8, 4) is 0 Å². The largest absolute Gasteiger partial charge is 0.352 e. The second kappa shape index (κ2) is 6.89. The molecule has 1 amide bonds. The standard InChI is InChI=1S/C17H26N2O/c1-4-6-12(3)16(18-5-2)14-8-7-13-9-10-19-17(20)15(13)11-14/h7-8,11-12,16,18H,4-6,9-10H2,1-3H3,(H,19,20). The van der Waals surface area contributed by atoms with E-state index in [0.29, 0.717) is 12.0 Å². The third kappa shape index (κ3) is 3.21. The fourth-order valence-corrected chi connectivity index (χ4v) is 3.11. The van der Waals surface area contributed by atoms with Gasteiger partial charge in [0.2, 0.25) is 0 Å². The van der Waals surface area contributed by atoms with Crippen molar-refractivity contribution < 1.29 is 4.79 Å². The van der Waals surface area contributed by atoms with Crippen molar-refractivity contribution in [2.45, 2.75) is 46.1 Å². The van der Waals surface area contributed by atoms with Crippen LogP contribution in [0.15, 0.2) is 18.2 Å². The van der Waals surface area contributed by atoms with Crippen LogP contribution in [-0.4, -0.2) is 19.0 Å². The Bertz CT molecular complexity index is 470. The van der Waals surface area contributed by atoms with Gasteiger partial charge in [-0.25, -0.2) is 0 Å². The number of benzene rings is 1. The van der Waals surface area contributed by atoms with Crippen LogP contribution in [0.25, 0.3) is 0 Å². The highest BCUT2D eigenvalue weighted by molar-refractivity contribution is 5.96. The van der Waals surface area contributed by atoms with Gasteiger partial charge in [-0.2, -0.15) is 0 Å². The molecule has 0 radical (unpaired) electrons. The van der Waals surface area contributed by atoms with Crippen LogP contribution in [0.4, 0.5) is 0 Å². The van der Waals surface area contributed by atoms with Crippen LogP contribution in [0.3, 0.4) is 0 Å². The second-order valence-electron chi connectivity index (χ2n) is 5.72. The van der Waals surface area contributed by atoms with Gasteiger partial charge >= 0.3 is 0 Å². The Labute approximate surface area is 122 Å². The van der Waals surface area contributed by atoms with Crippen LogP contribution in [0, 0.1) is 5.92 Å². The number of fused-ring (bicyclic) bond motifs is 1. The molecule has 2 atom stereocenters. The molecule has 2 N–H and O–H groups in total. The Morgan fingerprint density at radius 1 is 1.35 bits per heavy atom. The zero-order chi connectivity index (χ0) is 14.5. The maximum Gasteiger partial charge on any atom is 0.251 e. The van der Waals surface area contributed by atoms with Gasteiger partial charge in [-0.3, -0.25) is 4.79 Å². The molecule has 0 saturated heterocycles. The smallest absolute Gasteiger partial charge is 0.251 e. The molecule has 1 heterocycles. The minimum Gasteiger partial charge on any atom is -0.352 e. The minimum atomic E-state index is 0.0755. The van der Waals surface area contributed by atoms with Crippen molar-refractivity contribution in [2.75, 3.05) is 13.1 Å². The van der Waals surface area contributed by atoms with E-state index in [1.165, 1.54) is 24.0 Å². The van der Waals surface area contributed by atoms with E-state index in [0.717, 1.165) is 25.1 Å². The molecule has 0 saturated carbocycles. The summed E-state index contributed by atoms with van der Waals surface area (Å²) in [4.78, 5) is 12.0. The first-order valence-corrected chi connectivity index (χ1v) is 7.81. The Balaban J connectivity index is 2.29. The highest BCUT2D eigenvalue weighted by Crippen LogP contribution is 2.28. The van der Waals surface area contributed by atoms with E-state index in [9.17, 15) is 4.79 Å². The molecule has 110 valence electrons. The number of amides is 1. The van der Waals surface area contributed by atoms with E-state index in [1.54, 1.807) is 0 Å². The molecule has 0 aliphatic carbocycles. The van der Waals surface area contributed by atoms with Gasteiger partial charge in [0.1, 0.15) is 0 Å². The first kappa shape index (κ1) is 15.0. The maximum atomic E-state index is 12.0. The van der Waals surface area contributed by atoms with E-state index < -0.39 is 0 Å². The van der Waals surface area contributed by atoms with E-state index >= 15 is 0 Å². The molecule has 0 fully saturated rings. The summed E-state index contributed by atoms with van der Waals surface area (Å²) >= 11 is 0. The third-order valence-electron chi connectivity index (χ3n) is 4.15. The van der Waals surface area contributed by atoms with Crippen LogP contribution >= 0.6 is 0 Å². The zero-order valence-corrected chi connectivity index (χ0v) is 12.8. The maximum absolute atomic E-state index is 12.0. The lowest BCUT2D eigenvalue weighted by Crippen LogP contribution is -2.33. The van der Waals surface area contributed by atoms with Crippen molar-refractivity contribution in [3.05, 3.63) is 34.9 Å². The second-order valence-corrected chi connectivity index (χ2v) is 5.72. The van der Waals surface area contributed by atoms with Crippen molar-refractivity contribution in [1.82, 2.24) is 10.6 Å². The highest BCUT2D eigenvalue weighted by Gasteiger charge is 2.22. The molecule has 3 nitrogen and oxygen atoms in total. The van der Waals surface area contributed by atoms with Crippen LogP contribution in [0.1, 0.15) is 61.1 Å². The predicted octanol–water partition coefficient (Wildman–Crippen LogP) is 3.06. The quantitative estimate of drug-likeness (QED) is 0.837.